The van der Waals surface area contributed by atoms with Crippen molar-refractivity contribution in [3.05, 3.63) is 141 Å². The highest BCUT2D eigenvalue weighted by molar-refractivity contribution is 7.92. The Hall–Kier alpha value is -6.06. The molecule has 0 saturated carbocycles. The van der Waals surface area contributed by atoms with Crippen molar-refractivity contribution in [3.8, 4) is 5.69 Å². The lowest BCUT2D eigenvalue weighted by molar-refractivity contribution is 0.0700. The van der Waals surface area contributed by atoms with E-state index in [1.54, 1.807) is 85.3 Å². The molecule has 0 spiro atoms. The zero-order valence-electron chi connectivity index (χ0n) is 34.5. The SMILES string of the molecule is CCS(=N)(=O)c1ccc(-n2ccn(C(=Nc3cc(C)c(F)c(C)c3)C3=C(N)CCN(C(=O)c4cc5cc(C6CCOCC6)ccc5n4Cc4ccnn4C)[C@H]3C)c2=O)cc1. The predicted octanol–water partition coefficient (Wildman–Crippen LogP) is 7.18. The smallest absolute Gasteiger partial charge is 0.338 e. The van der Waals surface area contributed by atoms with Gasteiger partial charge in [0.05, 0.1) is 39.4 Å². The molecular formula is C45H50FN9O4S. The summed E-state index contributed by atoms with van der Waals surface area (Å²) in [5.74, 6) is 0.217. The van der Waals surface area contributed by atoms with Crippen LogP contribution in [0, 0.1) is 24.4 Å². The van der Waals surface area contributed by atoms with E-state index < -0.39 is 21.5 Å². The molecule has 13 nitrogen and oxygen atoms in total. The Balaban J connectivity index is 1.22. The van der Waals surface area contributed by atoms with Gasteiger partial charge < -0.3 is 19.9 Å². The summed E-state index contributed by atoms with van der Waals surface area (Å²) in [4.78, 5) is 36.7. The van der Waals surface area contributed by atoms with Crippen molar-refractivity contribution in [2.45, 2.75) is 70.4 Å². The van der Waals surface area contributed by atoms with Gasteiger partial charge in [-0.2, -0.15) is 5.10 Å². The van der Waals surface area contributed by atoms with Crippen molar-refractivity contribution in [1.82, 2.24) is 28.4 Å². The molecule has 0 radical (unpaired) electrons. The van der Waals surface area contributed by atoms with Crippen LogP contribution in [0.5, 0.6) is 0 Å². The van der Waals surface area contributed by atoms with Crippen LogP contribution in [0.2, 0.25) is 0 Å². The molecule has 8 rings (SSSR count). The summed E-state index contributed by atoms with van der Waals surface area (Å²) in [6.07, 6.45) is 7.15. The van der Waals surface area contributed by atoms with Crippen molar-refractivity contribution in [1.29, 1.82) is 4.78 Å². The number of ether oxygens (including phenoxy) is 1. The van der Waals surface area contributed by atoms with Gasteiger partial charge in [-0.05, 0) is 117 Å². The standard InChI is InChI=1S/C45H50FN9O4S/c1-6-60(48,58)37-10-8-35(9-11-37)53-19-20-54(45(53)57)43(50-34-23-28(2)42(46)29(3)24-34)41-30(4)52(18-14-38(41)47)44(56)40-26-33-25-32(31-15-21-59-22-16-31)7-12-39(33)55(40)27-36-13-17-49-51(36)5/h7-13,17,19-20,23-26,30-31,48H,6,14-16,18,21-22,27,47H2,1-5H3/t30-,60?/m0/s1. The van der Waals surface area contributed by atoms with E-state index in [1.165, 1.54) is 14.7 Å². The summed E-state index contributed by atoms with van der Waals surface area (Å²) in [5, 5.41) is 5.35. The van der Waals surface area contributed by atoms with Crippen LogP contribution in [0.1, 0.15) is 71.9 Å². The summed E-state index contributed by atoms with van der Waals surface area (Å²) in [6, 6.07) is 19.5. The van der Waals surface area contributed by atoms with Crippen LogP contribution in [-0.4, -0.2) is 75.9 Å². The van der Waals surface area contributed by atoms with Crippen LogP contribution in [0.15, 0.2) is 111 Å². The van der Waals surface area contributed by atoms with Gasteiger partial charge >= 0.3 is 5.69 Å². The molecule has 15 heteroatoms. The van der Waals surface area contributed by atoms with Crippen molar-refractivity contribution in [3.63, 3.8) is 0 Å². The number of carbonyl (C=O) groups excluding carboxylic acids is 1. The second-order valence-electron chi connectivity index (χ2n) is 15.7. The third-order valence-electron chi connectivity index (χ3n) is 12.0. The number of aliphatic imine (C=N–C) groups is 1. The highest BCUT2D eigenvalue weighted by Crippen LogP contribution is 2.33. The maximum Gasteiger partial charge on any atom is 0.338 e. The van der Waals surface area contributed by atoms with E-state index in [-0.39, 0.29) is 23.3 Å². The number of nitrogens with two attached hydrogens (primary N) is 1. The van der Waals surface area contributed by atoms with E-state index in [9.17, 15) is 13.4 Å². The molecule has 1 amide bonds. The molecule has 2 atom stereocenters. The van der Waals surface area contributed by atoms with Crippen LogP contribution >= 0.6 is 0 Å². The van der Waals surface area contributed by atoms with Crippen molar-refractivity contribution < 1.29 is 18.1 Å². The second-order valence-corrected chi connectivity index (χ2v) is 18.1. The topological polar surface area (TPSA) is 159 Å². The summed E-state index contributed by atoms with van der Waals surface area (Å²) in [5.41, 5.74) is 12.7. The van der Waals surface area contributed by atoms with Gasteiger partial charge in [0, 0.05) is 84.6 Å². The number of nitrogens with one attached hydrogen (secondary N) is 1. The first-order chi connectivity index (χ1) is 28.7. The second kappa shape index (κ2) is 16.2. The first-order valence-electron chi connectivity index (χ1n) is 20.3. The lowest BCUT2D eigenvalue weighted by Crippen LogP contribution is -2.48. The monoisotopic (exact) mass is 831 g/mol. The number of imidazole rings is 1. The largest absolute Gasteiger partial charge is 0.402 e. The predicted molar refractivity (Wildman–Crippen MR) is 231 cm³/mol. The average molecular weight is 832 g/mol. The Labute approximate surface area is 348 Å². The Morgan fingerprint density at radius 3 is 2.42 bits per heavy atom. The molecule has 3 aromatic heterocycles. The minimum atomic E-state index is -2.95. The first kappa shape index (κ1) is 40.7. The molecule has 60 heavy (non-hydrogen) atoms. The lowest BCUT2D eigenvalue weighted by atomic mass is 9.91. The molecule has 3 aromatic carbocycles. The van der Waals surface area contributed by atoms with Crippen LogP contribution < -0.4 is 11.4 Å². The maximum absolute atomic E-state index is 15.1. The van der Waals surface area contributed by atoms with Gasteiger partial charge in [0.1, 0.15) is 17.3 Å². The third kappa shape index (κ3) is 7.51. The van der Waals surface area contributed by atoms with Crippen LogP contribution in [0.25, 0.3) is 16.6 Å². The number of rotatable bonds is 9. The molecule has 3 N–H and O–H groups in total. The van der Waals surface area contributed by atoms with Crippen molar-refractivity contribution >= 4 is 38.1 Å². The van der Waals surface area contributed by atoms with E-state index in [0.29, 0.717) is 69.8 Å². The highest BCUT2D eigenvalue weighted by atomic mass is 32.2. The summed E-state index contributed by atoms with van der Waals surface area (Å²) >= 11 is 0. The molecule has 2 aliphatic heterocycles. The number of aromatic nitrogens is 5. The summed E-state index contributed by atoms with van der Waals surface area (Å²) < 4.78 is 48.1. The summed E-state index contributed by atoms with van der Waals surface area (Å²) in [6.45, 7) is 9.12. The molecule has 5 heterocycles. The Kier molecular flexibility index (Phi) is 11.0. The fourth-order valence-electron chi connectivity index (χ4n) is 8.47. The zero-order chi connectivity index (χ0) is 42.5. The van der Waals surface area contributed by atoms with Crippen LogP contribution in [-0.2, 0) is 28.1 Å². The summed E-state index contributed by atoms with van der Waals surface area (Å²) in [7, 11) is -1.07. The molecule has 6 aromatic rings. The molecule has 312 valence electrons. The Morgan fingerprint density at radius 1 is 1.03 bits per heavy atom. The van der Waals surface area contributed by atoms with Gasteiger partial charge in [-0.1, -0.05) is 13.0 Å². The van der Waals surface area contributed by atoms with Gasteiger partial charge in [-0.15, -0.1) is 0 Å². The quantitative estimate of drug-likeness (QED) is 0.116. The number of halogens is 1. The number of hydrogen-bond donors (Lipinski definition) is 2. The van der Waals surface area contributed by atoms with Crippen molar-refractivity contribution in [2.75, 3.05) is 25.5 Å². The maximum atomic E-state index is 15.1. The minimum absolute atomic E-state index is 0.170. The fraction of sp³-hybridized carbons (Fsp3) is 0.333. The number of fused-ring (bicyclic) bond motifs is 1. The van der Waals surface area contributed by atoms with Gasteiger partial charge in [0.15, 0.2) is 0 Å². The number of hydrogen-bond acceptors (Lipinski definition) is 8. The van der Waals surface area contributed by atoms with E-state index in [1.807, 2.05) is 30.7 Å². The number of carbonyl (C=O) groups is 1. The van der Waals surface area contributed by atoms with E-state index in [0.717, 1.165) is 42.7 Å². The number of benzene rings is 3. The van der Waals surface area contributed by atoms with Crippen molar-refractivity contribution in [2.24, 2.45) is 17.8 Å². The fourth-order valence-corrected chi connectivity index (χ4v) is 9.38. The number of aryl methyl sites for hydroxylation is 3. The molecule has 1 saturated heterocycles. The van der Waals surface area contributed by atoms with Gasteiger partial charge in [0.25, 0.3) is 5.91 Å². The van der Waals surface area contributed by atoms with Gasteiger partial charge in [-0.3, -0.25) is 18.6 Å². The van der Waals surface area contributed by atoms with Gasteiger partial charge in [0.2, 0.25) is 0 Å². The molecule has 1 fully saturated rings. The van der Waals surface area contributed by atoms with Gasteiger partial charge in [-0.25, -0.2) is 23.2 Å². The molecule has 1 unspecified atom stereocenters. The highest BCUT2D eigenvalue weighted by Gasteiger charge is 2.35. The van der Waals surface area contributed by atoms with E-state index in [2.05, 4.69) is 23.3 Å². The Bertz CT molecular complexity index is 2840. The average Bonchev–Trinajstić information content (AvgIpc) is 3.95. The zero-order valence-corrected chi connectivity index (χ0v) is 35.3. The molecule has 0 aliphatic carbocycles. The number of amides is 1. The molecule has 0 bridgehead atoms. The molecular weight excluding hydrogens is 782 g/mol. The lowest BCUT2D eigenvalue weighted by Gasteiger charge is -2.36. The minimum Gasteiger partial charge on any atom is -0.402 e. The van der Waals surface area contributed by atoms with Crippen LogP contribution in [0.3, 0.4) is 0 Å². The third-order valence-corrected chi connectivity index (χ3v) is 13.8. The van der Waals surface area contributed by atoms with E-state index in [4.69, 9.17) is 20.2 Å². The first-order valence-corrected chi connectivity index (χ1v) is 22.0. The van der Waals surface area contributed by atoms with Crippen LogP contribution in [0.4, 0.5) is 10.1 Å². The Morgan fingerprint density at radius 2 is 1.75 bits per heavy atom. The van der Waals surface area contributed by atoms with E-state index >= 15 is 4.79 Å². The molecule has 2 aliphatic rings. The number of nitrogens with zero attached hydrogens (tertiary/aromatic N) is 7. The normalized spacial score (nSPS) is 17.7.